The van der Waals surface area contributed by atoms with E-state index in [2.05, 4.69) is 0 Å². The molecular formula is C14H7F2NO2. The van der Waals surface area contributed by atoms with Crippen molar-refractivity contribution in [2.24, 2.45) is 0 Å². The molecule has 19 heavy (non-hydrogen) atoms. The molecule has 0 saturated heterocycles. The van der Waals surface area contributed by atoms with Gasteiger partial charge in [0, 0.05) is 11.6 Å². The first-order valence-electron chi connectivity index (χ1n) is 5.26. The van der Waals surface area contributed by atoms with Crippen LogP contribution in [-0.2, 0) is 0 Å². The van der Waals surface area contributed by atoms with Crippen LogP contribution in [0.15, 0.2) is 36.4 Å². The fraction of sp³-hybridized carbons (Fsp3) is 0. The van der Waals surface area contributed by atoms with Crippen molar-refractivity contribution in [3.8, 4) is 17.6 Å². The molecule has 2 aromatic carbocycles. The van der Waals surface area contributed by atoms with Crippen LogP contribution in [0.25, 0.3) is 0 Å². The molecule has 0 aliphatic rings. The van der Waals surface area contributed by atoms with Crippen LogP contribution in [0.3, 0.4) is 0 Å². The zero-order chi connectivity index (χ0) is 13.8. The minimum absolute atomic E-state index is 0.0178. The molecule has 3 nitrogen and oxygen atoms in total. The van der Waals surface area contributed by atoms with Gasteiger partial charge in [0.15, 0.2) is 0 Å². The van der Waals surface area contributed by atoms with Crippen molar-refractivity contribution < 1.29 is 18.3 Å². The molecule has 0 atom stereocenters. The smallest absolute Gasteiger partial charge is 0.150 e. The van der Waals surface area contributed by atoms with Crippen molar-refractivity contribution in [2.45, 2.75) is 0 Å². The quantitative estimate of drug-likeness (QED) is 0.793. The third kappa shape index (κ3) is 2.75. The molecule has 0 spiro atoms. The van der Waals surface area contributed by atoms with Crippen LogP contribution in [0.2, 0.25) is 0 Å². The molecule has 0 unspecified atom stereocenters. The number of nitrogens with zero attached hydrogens (tertiary/aromatic N) is 1. The van der Waals surface area contributed by atoms with Gasteiger partial charge in [0.25, 0.3) is 0 Å². The van der Waals surface area contributed by atoms with E-state index in [4.69, 9.17) is 10.00 Å². The molecule has 0 heterocycles. The lowest BCUT2D eigenvalue weighted by Gasteiger charge is -2.08. The minimum Gasteiger partial charge on any atom is -0.456 e. The topological polar surface area (TPSA) is 50.1 Å². The van der Waals surface area contributed by atoms with E-state index < -0.39 is 11.6 Å². The third-order valence-corrected chi connectivity index (χ3v) is 2.34. The number of ether oxygens (including phenoxy) is 1. The van der Waals surface area contributed by atoms with Gasteiger partial charge in [-0.2, -0.15) is 5.26 Å². The molecule has 0 amide bonds. The second kappa shape index (κ2) is 5.27. The van der Waals surface area contributed by atoms with Gasteiger partial charge in [0.05, 0.1) is 0 Å². The van der Waals surface area contributed by atoms with Gasteiger partial charge in [0.2, 0.25) is 0 Å². The van der Waals surface area contributed by atoms with E-state index in [0.717, 1.165) is 18.2 Å². The van der Waals surface area contributed by atoms with Crippen molar-refractivity contribution >= 4 is 6.29 Å². The van der Waals surface area contributed by atoms with Gasteiger partial charge in [0.1, 0.15) is 41.1 Å². The molecule has 0 bridgehead atoms. The number of halogens is 2. The van der Waals surface area contributed by atoms with Crippen LogP contribution < -0.4 is 4.74 Å². The normalized spacial score (nSPS) is 9.74. The molecule has 0 saturated carbocycles. The van der Waals surface area contributed by atoms with Crippen LogP contribution in [0.4, 0.5) is 8.78 Å². The minimum atomic E-state index is -0.730. The maximum Gasteiger partial charge on any atom is 0.150 e. The monoisotopic (exact) mass is 259 g/mol. The van der Waals surface area contributed by atoms with Crippen molar-refractivity contribution in [2.75, 3.05) is 0 Å². The van der Waals surface area contributed by atoms with E-state index in [0.29, 0.717) is 6.29 Å². The van der Waals surface area contributed by atoms with E-state index in [-0.39, 0.29) is 22.6 Å². The summed E-state index contributed by atoms with van der Waals surface area (Å²) in [7, 11) is 0. The molecule has 2 rings (SSSR count). The lowest BCUT2D eigenvalue weighted by atomic mass is 10.2. The van der Waals surface area contributed by atoms with Crippen LogP contribution in [0, 0.1) is 23.0 Å². The number of nitriles is 1. The van der Waals surface area contributed by atoms with Crippen LogP contribution in [0.5, 0.6) is 11.5 Å². The van der Waals surface area contributed by atoms with Crippen molar-refractivity contribution in [3.63, 3.8) is 0 Å². The highest BCUT2D eigenvalue weighted by Gasteiger charge is 2.10. The summed E-state index contributed by atoms with van der Waals surface area (Å²) in [5.74, 6) is -1.41. The molecular weight excluding hydrogens is 252 g/mol. The second-order valence-corrected chi connectivity index (χ2v) is 3.66. The van der Waals surface area contributed by atoms with E-state index in [1.54, 1.807) is 6.07 Å². The molecule has 2 aromatic rings. The Labute approximate surface area is 107 Å². The highest BCUT2D eigenvalue weighted by Crippen LogP contribution is 2.27. The average molecular weight is 259 g/mol. The highest BCUT2D eigenvalue weighted by atomic mass is 19.1. The Morgan fingerprint density at radius 2 is 2.00 bits per heavy atom. The number of benzene rings is 2. The first-order chi connectivity index (χ1) is 9.13. The standard InChI is InChI=1S/C14H7F2NO2/c15-10-4-9(8-18)5-11(6-10)19-14-3-1-2-13(16)12(14)7-17/h1-6,8H. The summed E-state index contributed by atoms with van der Waals surface area (Å²) in [6, 6.07) is 8.90. The van der Waals surface area contributed by atoms with Gasteiger partial charge in [-0.1, -0.05) is 6.07 Å². The van der Waals surface area contributed by atoms with Gasteiger partial charge in [-0.15, -0.1) is 0 Å². The van der Waals surface area contributed by atoms with E-state index >= 15 is 0 Å². The second-order valence-electron chi connectivity index (χ2n) is 3.66. The summed E-state index contributed by atoms with van der Waals surface area (Å²) in [6.45, 7) is 0. The Bertz CT molecular complexity index is 678. The maximum absolute atomic E-state index is 13.3. The van der Waals surface area contributed by atoms with Gasteiger partial charge < -0.3 is 4.74 Å². The zero-order valence-corrected chi connectivity index (χ0v) is 9.56. The molecule has 5 heteroatoms. The SMILES string of the molecule is N#Cc1c(F)cccc1Oc1cc(F)cc(C=O)c1. The van der Waals surface area contributed by atoms with E-state index in [1.165, 1.54) is 18.2 Å². The Hall–Kier alpha value is -2.74. The first kappa shape index (κ1) is 12.7. The average Bonchev–Trinajstić information content (AvgIpc) is 2.38. The largest absolute Gasteiger partial charge is 0.456 e. The van der Waals surface area contributed by atoms with Crippen LogP contribution in [0.1, 0.15) is 15.9 Å². The number of carbonyl (C=O) groups is 1. The molecule has 0 aliphatic heterocycles. The number of rotatable bonds is 3. The fourth-order valence-electron chi connectivity index (χ4n) is 1.54. The fourth-order valence-corrected chi connectivity index (χ4v) is 1.54. The lowest BCUT2D eigenvalue weighted by molar-refractivity contribution is 0.112. The number of carbonyl (C=O) groups excluding carboxylic acids is 1. The lowest BCUT2D eigenvalue weighted by Crippen LogP contribution is -1.93. The van der Waals surface area contributed by atoms with E-state index in [1.807, 2.05) is 0 Å². The van der Waals surface area contributed by atoms with Gasteiger partial charge >= 0.3 is 0 Å². The third-order valence-electron chi connectivity index (χ3n) is 2.34. The first-order valence-corrected chi connectivity index (χ1v) is 5.26. The summed E-state index contributed by atoms with van der Waals surface area (Å²) in [5, 5.41) is 8.83. The molecule has 0 aromatic heterocycles. The highest BCUT2D eigenvalue weighted by molar-refractivity contribution is 5.75. The molecule has 0 radical (unpaired) electrons. The van der Waals surface area contributed by atoms with Crippen LogP contribution >= 0.6 is 0 Å². The zero-order valence-electron chi connectivity index (χ0n) is 9.56. The van der Waals surface area contributed by atoms with E-state index in [9.17, 15) is 13.6 Å². The molecule has 0 fully saturated rings. The van der Waals surface area contributed by atoms with Crippen molar-refractivity contribution in [1.82, 2.24) is 0 Å². The maximum atomic E-state index is 13.3. The van der Waals surface area contributed by atoms with Crippen molar-refractivity contribution in [3.05, 3.63) is 59.2 Å². The van der Waals surface area contributed by atoms with Gasteiger partial charge in [-0.3, -0.25) is 4.79 Å². The number of hydrogen-bond acceptors (Lipinski definition) is 3. The van der Waals surface area contributed by atoms with Crippen LogP contribution in [-0.4, -0.2) is 6.29 Å². The predicted molar refractivity (Wildman–Crippen MR) is 63.0 cm³/mol. The molecule has 0 N–H and O–H groups in total. The summed E-state index contributed by atoms with van der Waals surface area (Å²) in [5.41, 5.74) is -0.190. The number of hydrogen-bond donors (Lipinski definition) is 0. The Balaban J connectivity index is 2.42. The Morgan fingerprint density at radius 1 is 1.21 bits per heavy atom. The summed E-state index contributed by atoms with van der Waals surface area (Å²) in [6.07, 6.45) is 0.465. The molecule has 94 valence electrons. The summed E-state index contributed by atoms with van der Waals surface area (Å²) in [4.78, 5) is 10.6. The summed E-state index contributed by atoms with van der Waals surface area (Å²) >= 11 is 0. The predicted octanol–water partition coefficient (Wildman–Crippen LogP) is 3.44. The Morgan fingerprint density at radius 3 is 2.68 bits per heavy atom. The van der Waals surface area contributed by atoms with Crippen molar-refractivity contribution in [1.29, 1.82) is 5.26 Å². The van der Waals surface area contributed by atoms with Gasteiger partial charge in [-0.05, 0) is 24.3 Å². The number of aldehydes is 1. The van der Waals surface area contributed by atoms with Gasteiger partial charge in [-0.25, -0.2) is 8.78 Å². The Kier molecular flexibility index (Phi) is 3.53. The summed E-state index contributed by atoms with van der Waals surface area (Å²) < 4.78 is 31.8. The molecule has 0 aliphatic carbocycles.